The second kappa shape index (κ2) is 9.47. The average molecular weight is 470 g/mol. The molecule has 0 saturated heterocycles. The van der Waals surface area contributed by atoms with Crippen molar-refractivity contribution in [3.8, 4) is 11.9 Å². The van der Waals surface area contributed by atoms with E-state index in [-0.39, 0.29) is 5.57 Å². The van der Waals surface area contributed by atoms with Gasteiger partial charge in [0, 0.05) is 11.6 Å². The van der Waals surface area contributed by atoms with Crippen molar-refractivity contribution in [2.75, 3.05) is 12.4 Å². The van der Waals surface area contributed by atoms with E-state index in [1.54, 1.807) is 19.9 Å². The molecule has 1 aliphatic carbocycles. The van der Waals surface area contributed by atoms with Crippen molar-refractivity contribution in [1.82, 2.24) is 15.0 Å². The molecule has 7 nitrogen and oxygen atoms in total. The Labute approximate surface area is 197 Å². The molecule has 0 aliphatic heterocycles. The summed E-state index contributed by atoms with van der Waals surface area (Å²) in [7, 11) is 1.50. The Morgan fingerprint density at radius 3 is 2.56 bits per heavy atom. The Hall–Kier alpha value is -3.38. The molecule has 2 aromatic heterocycles. The normalized spacial score (nSPS) is 17.6. The monoisotopic (exact) mass is 469 g/mol. The van der Waals surface area contributed by atoms with Crippen molar-refractivity contribution in [2.24, 2.45) is 0 Å². The summed E-state index contributed by atoms with van der Waals surface area (Å²) in [6.45, 7) is 9.54. The van der Waals surface area contributed by atoms with Crippen molar-refractivity contribution in [2.45, 2.75) is 64.0 Å². The Kier molecular flexibility index (Phi) is 7.03. The molecular weight excluding hydrogens is 440 g/mol. The first-order valence-electron chi connectivity index (χ1n) is 11.0. The predicted octanol–water partition coefficient (Wildman–Crippen LogP) is 4.77. The molecule has 3 rings (SSSR count). The molecular formula is C25H29F2N5O2. The lowest BCUT2D eigenvalue weighted by Crippen LogP contribution is -2.32. The van der Waals surface area contributed by atoms with Gasteiger partial charge in [0.05, 0.1) is 24.0 Å². The number of pyridine rings is 1. The molecule has 0 bridgehead atoms. The highest BCUT2D eigenvalue weighted by atomic mass is 19.3. The van der Waals surface area contributed by atoms with E-state index in [4.69, 9.17) is 4.74 Å². The number of halogens is 2. The summed E-state index contributed by atoms with van der Waals surface area (Å²) < 4.78 is 34.0. The number of ether oxygens (including phenoxy) is 1. The highest BCUT2D eigenvalue weighted by Crippen LogP contribution is 2.51. The number of hydrogen-bond donors (Lipinski definition) is 2. The zero-order valence-electron chi connectivity index (χ0n) is 20.0. The van der Waals surface area contributed by atoms with Crippen LogP contribution in [0.4, 0.5) is 14.6 Å². The first-order valence-corrected chi connectivity index (χ1v) is 11.0. The van der Waals surface area contributed by atoms with Gasteiger partial charge in [-0.25, -0.2) is 9.97 Å². The molecule has 180 valence electrons. The predicted molar refractivity (Wildman–Crippen MR) is 127 cm³/mol. The summed E-state index contributed by atoms with van der Waals surface area (Å²) in [6.07, 6.45) is 4.08. The molecule has 0 aromatic carbocycles. The number of anilines is 1. The lowest BCUT2D eigenvalue weighted by Gasteiger charge is -2.23. The van der Waals surface area contributed by atoms with Crippen molar-refractivity contribution >= 4 is 16.9 Å². The van der Waals surface area contributed by atoms with Gasteiger partial charge in [0.25, 0.3) is 5.92 Å². The number of fused-ring (bicyclic) bond motifs is 1. The Morgan fingerprint density at radius 2 is 2.03 bits per heavy atom. The number of aliphatic hydroxyl groups excluding tert-OH is 1. The minimum atomic E-state index is -3.37. The molecule has 2 atom stereocenters. The van der Waals surface area contributed by atoms with Crippen molar-refractivity contribution < 1.29 is 18.6 Å². The number of rotatable bonds is 9. The highest BCUT2D eigenvalue weighted by Gasteiger charge is 2.47. The zero-order chi connectivity index (χ0) is 25.3. The fourth-order valence-electron chi connectivity index (χ4n) is 3.74. The quantitative estimate of drug-likeness (QED) is 0.510. The number of alkyl halides is 2. The maximum Gasteiger partial charge on any atom is 0.294 e. The number of aliphatic hydroxyl groups is 1. The van der Waals surface area contributed by atoms with Crippen LogP contribution in [0.1, 0.15) is 45.0 Å². The zero-order valence-corrected chi connectivity index (χ0v) is 20.0. The number of aryl methyl sites for hydroxylation is 1. The fraction of sp³-hybridized carbons (Fsp3) is 0.440. The second-order valence-electron chi connectivity index (χ2n) is 8.62. The summed E-state index contributed by atoms with van der Waals surface area (Å²) in [6, 6.07) is 3.73. The first kappa shape index (κ1) is 25.2. The third-order valence-corrected chi connectivity index (χ3v) is 6.03. The molecule has 0 radical (unpaired) electrons. The number of aromatic nitrogens is 3. The number of allylic oxidation sites excluding steroid dienone is 2. The van der Waals surface area contributed by atoms with Gasteiger partial charge in [-0.1, -0.05) is 24.8 Å². The van der Waals surface area contributed by atoms with E-state index in [1.165, 1.54) is 26.2 Å². The number of nitrogens with zero attached hydrogens (tertiary/aromatic N) is 4. The summed E-state index contributed by atoms with van der Waals surface area (Å²) in [5.74, 6) is -2.09. The van der Waals surface area contributed by atoms with Crippen LogP contribution in [-0.4, -0.2) is 45.2 Å². The molecule has 2 heterocycles. The molecule has 34 heavy (non-hydrogen) atoms. The number of nitrogens with one attached hydrogen (secondary N) is 1. The van der Waals surface area contributed by atoms with Gasteiger partial charge in [-0.2, -0.15) is 19.0 Å². The molecule has 0 amide bonds. The van der Waals surface area contributed by atoms with Gasteiger partial charge in [-0.3, -0.25) is 0 Å². The largest absolute Gasteiger partial charge is 0.481 e. The lowest BCUT2D eigenvalue weighted by molar-refractivity contribution is -0.0688. The Balaban J connectivity index is 2.06. The second-order valence-corrected chi connectivity index (χ2v) is 8.62. The Bertz CT molecular complexity index is 1210. The number of hydrogen-bond acceptors (Lipinski definition) is 7. The maximum atomic E-state index is 14.3. The van der Waals surface area contributed by atoms with Crippen LogP contribution in [0.2, 0.25) is 0 Å². The van der Waals surface area contributed by atoms with Crippen LogP contribution < -0.4 is 10.1 Å². The van der Waals surface area contributed by atoms with E-state index in [9.17, 15) is 19.1 Å². The van der Waals surface area contributed by atoms with Crippen LogP contribution in [0.5, 0.6) is 5.88 Å². The molecule has 9 heteroatoms. The van der Waals surface area contributed by atoms with Crippen LogP contribution >= 0.6 is 0 Å². The minimum Gasteiger partial charge on any atom is -0.481 e. The molecule has 2 aromatic rings. The van der Waals surface area contributed by atoms with Crippen LogP contribution in [0.25, 0.3) is 11.0 Å². The van der Waals surface area contributed by atoms with Crippen LogP contribution in [-0.2, 0) is 5.41 Å². The van der Waals surface area contributed by atoms with Gasteiger partial charge in [0.1, 0.15) is 17.7 Å². The summed E-state index contributed by atoms with van der Waals surface area (Å²) in [5.41, 5.74) is 0.696. The third-order valence-electron chi connectivity index (χ3n) is 6.03. The summed E-state index contributed by atoms with van der Waals surface area (Å²) in [4.78, 5) is 13.4. The summed E-state index contributed by atoms with van der Waals surface area (Å²) >= 11 is 0. The van der Waals surface area contributed by atoms with Crippen molar-refractivity contribution in [3.63, 3.8) is 0 Å². The van der Waals surface area contributed by atoms with Gasteiger partial charge in [0.2, 0.25) is 5.88 Å². The van der Waals surface area contributed by atoms with Crippen LogP contribution in [0, 0.1) is 18.3 Å². The van der Waals surface area contributed by atoms with E-state index in [0.717, 1.165) is 6.92 Å². The third kappa shape index (κ3) is 4.77. The smallest absolute Gasteiger partial charge is 0.294 e. The van der Waals surface area contributed by atoms with Crippen molar-refractivity contribution in [3.05, 3.63) is 53.4 Å². The van der Waals surface area contributed by atoms with Gasteiger partial charge in [-0.05, 0) is 57.7 Å². The maximum absolute atomic E-state index is 14.3. The van der Waals surface area contributed by atoms with Gasteiger partial charge < -0.3 is 15.2 Å². The fourth-order valence-corrected chi connectivity index (χ4v) is 3.74. The number of nitriles is 1. The molecule has 0 spiro atoms. The molecule has 1 aliphatic rings. The minimum absolute atomic E-state index is 0.272. The summed E-state index contributed by atoms with van der Waals surface area (Å²) in [5, 5.41) is 23.0. The van der Waals surface area contributed by atoms with Gasteiger partial charge in [-0.15, -0.1) is 0 Å². The SMILES string of the molecule is C=C/C=C(\C=C(/C)C(F)(F)[C@@H](C)O)[C@@H](C)Nc1nc(C)nc2nc(OC)c(C3(C#N)CC3)cc12. The van der Waals surface area contributed by atoms with Crippen LogP contribution in [0.3, 0.4) is 0 Å². The molecule has 1 saturated carbocycles. The van der Waals surface area contributed by atoms with E-state index >= 15 is 0 Å². The van der Waals surface area contributed by atoms with E-state index in [0.29, 0.717) is 52.5 Å². The number of methoxy groups -OCH3 is 1. The van der Waals surface area contributed by atoms with Crippen LogP contribution in [0.15, 0.2) is 42.0 Å². The highest BCUT2D eigenvalue weighted by molar-refractivity contribution is 5.88. The lowest BCUT2D eigenvalue weighted by atomic mass is 9.97. The van der Waals surface area contributed by atoms with E-state index in [1.807, 2.05) is 6.07 Å². The van der Waals surface area contributed by atoms with E-state index in [2.05, 4.69) is 32.9 Å². The van der Waals surface area contributed by atoms with Crippen molar-refractivity contribution in [1.29, 1.82) is 5.26 Å². The Morgan fingerprint density at radius 1 is 1.35 bits per heavy atom. The van der Waals surface area contributed by atoms with Gasteiger partial charge in [0.15, 0.2) is 5.65 Å². The molecule has 1 fully saturated rings. The van der Waals surface area contributed by atoms with E-state index < -0.39 is 23.5 Å². The first-order chi connectivity index (χ1) is 16.0. The molecule has 2 N–H and O–H groups in total. The molecule has 0 unspecified atom stereocenters. The average Bonchev–Trinajstić information content (AvgIpc) is 3.58. The van der Waals surface area contributed by atoms with Gasteiger partial charge >= 0.3 is 0 Å². The topological polar surface area (TPSA) is 104 Å². The standard InChI is InChI=1S/C25H29F2N5O2/c1-7-8-18(11-14(2)25(26,27)16(4)33)15(3)29-21-19-12-20(24(13-28)9-10-24)23(34-6)32-22(19)31-17(5)30-21/h7-8,11-12,15-16,33H,1,9-10H2,2-6H3,(H,29,30,31,32)/b14-11+,18-8+/t15-,16-/m1/s1.